The van der Waals surface area contributed by atoms with E-state index in [-0.39, 0.29) is 12.1 Å². The highest BCUT2D eigenvalue weighted by Gasteiger charge is 2.21. The van der Waals surface area contributed by atoms with Crippen LogP contribution in [0.4, 0.5) is 4.79 Å². The molecule has 100 valence electrons. The molecule has 0 heterocycles. The lowest BCUT2D eigenvalue weighted by Crippen LogP contribution is -2.45. The number of carbonyl (C=O) groups excluding carboxylic acids is 1. The highest BCUT2D eigenvalue weighted by molar-refractivity contribution is 5.74. The van der Waals surface area contributed by atoms with Crippen LogP contribution in [0.5, 0.6) is 0 Å². The molecule has 0 bridgehead atoms. The molecule has 0 spiro atoms. The minimum atomic E-state index is 0.124. The van der Waals surface area contributed by atoms with Crippen molar-refractivity contribution in [2.75, 3.05) is 13.1 Å². The van der Waals surface area contributed by atoms with Crippen LogP contribution in [0, 0.1) is 0 Å². The lowest BCUT2D eigenvalue weighted by Gasteiger charge is -2.32. The third-order valence-corrected chi connectivity index (χ3v) is 3.10. The molecule has 1 rings (SSSR count). The van der Waals surface area contributed by atoms with E-state index in [1.165, 1.54) is 5.56 Å². The van der Waals surface area contributed by atoms with Gasteiger partial charge in [0.1, 0.15) is 0 Å². The van der Waals surface area contributed by atoms with Crippen molar-refractivity contribution in [2.24, 2.45) is 0 Å². The van der Waals surface area contributed by atoms with E-state index in [0.29, 0.717) is 6.54 Å². The molecule has 0 saturated heterocycles. The molecule has 0 saturated carbocycles. The Balaban J connectivity index is 2.80. The zero-order valence-corrected chi connectivity index (χ0v) is 11.9. The van der Waals surface area contributed by atoms with Gasteiger partial charge < -0.3 is 9.80 Å². The van der Waals surface area contributed by atoms with Gasteiger partial charge in [0.05, 0.1) is 0 Å². The number of rotatable bonds is 5. The maximum atomic E-state index is 12.4. The normalized spacial score (nSPS) is 10.5. The second-order valence-electron chi connectivity index (χ2n) is 4.66. The number of carbonyl (C=O) groups is 1. The zero-order valence-electron chi connectivity index (χ0n) is 11.9. The Bertz CT molecular complexity index is 358. The third kappa shape index (κ3) is 3.76. The molecule has 0 radical (unpaired) electrons. The second kappa shape index (κ2) is 7.04. The second-order valence-corrected chi connectivity index (χ2v) is 4.66. The fourth-order valence-electron chi connectivity index (χ4n) is 1.93. The van der Waals surface area contributed by atoms with Crippen molar-refractivity contribution in [1.82, 2.24) is 9.80 Å². The molecule has 0 aliphatic rings. The molecule has 0 fully saturated rings. The number of benzene rings is 1. The predicted octanol–water partition coefficient (Wildman–Crippen LogP) is 3.36. The first kappa shape index (κ1) is 14.6. The molecule has 0 atom stereocenters. The van der Waals surface area contributed by atoms with E-state index in [9.17, 15) is 4.79 Å². The summed E-state index contributed by atoms with van der Waals surface area (Å²) in [4.78, 5) is 16.2. The topological polar surface area (TPSA) is 23.6 Å². The molecular weight excluding hydrogens is 224 g/mol. The van der Waals surface area contributed by atoms with Gasteiger partial charge in [0.15, 0.2) is 0 Å². The Morgan fingerprint density at radius 1 is 1.11 bits per heavy atom. The Morgan fingerprint density at radius 2 is 1.67 bits per heavy atom. The first-order valence-electron chi connectivity index (χ1n) is 6.69. The molecule has 0 N–H and O–H groups in total. The molecule has 1 aromatic carbocycles. The number of hydrogen-bond acceptors (Lipinski definition) is 1. The van der Waals surface area contributed by atoms with Gasteiger partial charge in [-0.15, -0.1) is 0 Å². The van der Waals surface area contributed by atoms with Gasteiger partial charge in [0.25, 0.3) is 0 Å². The predicted molar refractivity (Wildman–Crippen MR) is 75.4 cm³/mol. The fraction of sp³-hybridized carbons (Fsp3) is 0.533. The van der Waals surface area contributed by atoms with E-state index in [1.54, 1.807) is 0 Å². The number of amides is 2. The van der Waals surface area contributed by atoms with Gasteiger partial charge in [-0.2, -0.15) is 0 Å². The Hall–Kier alpha value is -1.51. The Morgan fingerprint density at radius 3 is 2.11 bits per heavy atom. The van der Waals surface area contributed by atoms with E-state index >= 15 is 0 Å². The summed E-state index contributed by atoms with van der Waals surface area (Å²) in [5, 5.41) is 0. The summed E-state index contributed by atoms with van der Waals surface area (Å²) in [7, 11) is 0. The van der Waals surface area contributed by atoms with Gasteiger partial charge in [0.2, 0.25) is 0 Å². The van der Waals surface area contributed by atoms with Gasteiger partial charge >= 0.3 is 6.03 Å². The third-order valence-electron chi connectivity index (χ3n) is 3.10. The molecule has 1 aromatic rings. The molecular formula is C15H24N2O. The van der Waals surface area contributed by atoms with E-state index in [1.807, 2.05) is 41.8 Å². The molecule has 0 aliphatic carbocycles. The monoisotopic (exact) mass is 248 g/mol. The van der Waals surface area contributed by atoms with Crippen LogP contribution in [-0.2, 0) is 6.54 Å². The molecule has 18 heavy (non-hydrogen) atoms. The van der Waals surface area contributed by atoms with Crippen LogP contribution >= 0.6 is 0 Å². The van der Waals surface area contributed by atoms with E-state index in [4.69, 9.17) is 0 Å². The van der Waals surface area contributed by atoms with Crippen molar-refractivity contribution in [1.29, 1.82) is 0 Å². The number of hydrogen-bond donors (Lipinski definition) is 0. The van der Waals surface area contributed by atoms with Gasteiger partial charge in [-0.05, 0) is 33.3 Å². The first-order chi connectivity index (χ1) is 8.60. The summed E-state index contributed by atoms with van der Waals surface area (Å²) in [6, 6.07) is 10.5. The van der Waals surface area contributed by atoms with Crippen LogP contribution in [0.2, 0.25) is 0 Å². The Labute approximate surface area is 110 Å². The smallest absolute Gasteiger partial charge is 0.320 e. The van der Waals surface area contributed by atoms with E-state index in [2.05, 4.69) is 26.0 Å². The minimum absolute atomic E-state index is 0.124. The number of urea groups is 1. The molecule has 2 amide bonds. The van der Waals surface area contributed by atoms with Crippen molar-refractivity contribution < 1.29 is 4.79 Å². The van der Waals surface area contributed by atoms with Crippen molar-refractivity contribution in [2.45, 2.75) is 40.3 Å². The van der Waals surface area contributed by atoms with Crippen molar-refractivity contribution in [3.8, 4) is 0 Å². The van der Waals surface area contributed by atoms with Crippen LogP contribution in [0.1, 0.15) is 33.3 Å². The maximum absolute atomic E-state index is 12.4. The quantitative estimate of drug-likeness (QED) is 0.783. The summed E-state index contributed by atoms with van der Waals surface area (Å²) < 4.78 is 0. The van der Waals surface area contributed by atoms with E-state index < -0.39 is 0 Å². The summed E-state index contributed by atoms with van der Waals surface area (Å²) in [6.45, 7) is 10.3. The van der Waals surface area contributed by atoms with Crippen LogP contribution in [-0.4, -0.2) is 35.0 Å². The molecule has 3 heteroatoms. The lowest BCUT2D eigenvalue weighted by molar-refractivity contribution is 0.141. The maximum Gasteiger partial charge on any atom is 0.320 e. The summed E-state index contributed by atoms with van der Waals surface area (Å²) in [5.74, 6) is 0. The van der Waals surface area contributed by atoms with Gasteiger partial charge in [-0.25, -0.2) is 4.79 Å². The van der Waals surface area contributed by atoms with Crippen LogP contribution in [0.25, 0.3) is 0 Å². The first-order valence-corrected chi connectivity index (χ1v) is 6.69. The van der Waals surface area contributed by atoms with Gasteiger partial charge in [-0.3, -0.25) is 0 Å². The zero-order chi connectivity index (χ0) is 13.5. The van der Waals surface area contributed by atoms with Gasteiger partial charge in [-0.1, -0.05) is 30.3 Å². The standard InChI is InChI=1S/C15H24N2O/c1-5-16(6-2)15(18)17(13(3)4)12-14-10-8-7-9-11-14/h7-11,13H,5-6,12H2,1-4H3. The largest absolute Gasteiger partial charge is 0.325 e. The highest BCUT2D eigenvalue weighted by Crippen LogP contribution is 2.11. The lowest BCUT2D eigenvalue weighted by atomic mass is 10.2. The average Bonchev–Trinajstić information content (AvgIpc) is 2.38. The average molecular weight is 248 g/mol. The van der Waals surface area contributed by atoms with Crippen LogP contribution < -0.4 is 0 Å². The Kier molecular flexibility index (Phi) is 5.69. The molecule has 3 nitrogen and oxygen atoms in total. The van der Waals surface area contributed by atoms with Crippen molar-refractivity contribution in [3.63, 3.8) is 0 Å². The summed E-state index contributed by atoms with van der Waals surface area (Å²) in [6.07, 6.45) is 0. The van der Waals surface area contributed by atoms with Crippen LogP contribution in [0.3, 0.4) is 0 Å². The van der Waals surface area contributed by atoms with Crippen molar-refractivity contribution in [3.05, 3.63) is 35.9 Å². The molecule has 0 aliphatic heterocycles. The van der Waals surface area contributed by atoms with E-state index in [0.717, 1.165) is 13.1 Å². The SMILES string of the molecule is CCN(CC)C(=O)N(Cc1ccccc1)C(C)C. The minimum Gasteiger partial charge on any atom is -0.325 e. The summed E-state index contributed by atoms with van der Waals surface area (Å²) in [5.41, 5.74) is 1.17. The molecule has 0 aromatic heterocycles. The van der Waals surface area contributed by atoms with Crippen LogP contribution in [0.15, 0.2) is 30.3 Å². The fourth-order valence-corrected chi connectivity index (χ4v) is 1.93. The summed E-state index contributed by atoms with van der Waals surface area (Å²) >= 11 is 0. The highest BCUT2D eigenvalue weighted by atomic mass is 16.2. The van der Waals surface area contributed by atoms with Gasteiger partial charge in [0, 0.05) is 25.7 Å². The number of nitrogens with zero attached hydrogens (tertiary/aromatic N) is 2. The molecule has 0 unspecified atom stereocenters. The van der Waals surface area contributed by atoms with Crippen molar-refractivity contribution >= 4 is 6.03 Å².